The van der Waals surface area contributed by atoms with Crippen molar-refractivity contribution in [3.8, 4) is 0 Å². The molecule has 1 aromatic heterocycles. The zero-order valence-electron chi connectivity index (χ0n) is 25.6. The molecule has 224 valence electrons. The largest absolute Gasteiger partial charge is 0.465 e. The van der Waals surface area contributed by atoms with Crippen LogP contribution in [0.4, 0.5) is 0 Å². The third-order valence-electron chi connectivity index (χ3n) is 11.7. The van der Waals surface area contributed by atoms with E-state index >= 15 is 0 Å². The van der Waals surface area contributed by atoms with E-state index in [1.807, 2.05) is 6.26 Å². The fourth-order valence-electron chi connectivity index (χ4n) is 9.60. The number of hydrogen-bond donors (Lipinski definition) is 1. The van der Waals surface area contributed by atoms with Crippen molar-refractivity contribution in [2.45, 2.75) is 154 Å². The van der Waals surface area contributed by atoms with Crippen LogP contribution in [0.3, 0.4) is 0 Å². The van der Waals surface area contributed by atoms with Gasteiger partial charge >= 0.3 is 5.97 Å². The Morgan fingerprint density at radius 2 is 1.65 bits per heavy atom. The van der Waals surface area contributed by atoms with Gasteiger partial charge in [0.2, 0.25) is 0 Å². The van der Waals surface area contributed by atoms with Crippen LogP contribution in [0.15, 0.2) is 22.8 Å². The first-order valence-corrected chi connectivity index (χ1v) is 17.0. The zero-order valence-corrected chi connectivity index (χ0v) is 25.6. The molecule has 0 amide bonds. The Labute approximate surface area is 243 Å². The van der Waals surface area contributed by atoms with Crippen molar-refractivity contribution in [1.29, 1.82) is 0 Å². The topological polar surface area (TPSA) is 59.7 Å². The van der Waals surface area contributed by atoms with E-state index in [2.05, 4.69) is 32.1 Å². The van der Waals surface area contributed by atoms with Gasteiger partial charge < -0.3 is 14.3 Å². The smallest absolute Gasteiger partial charge is 0.305 e. The van der Waals surface area contributed by atoms with Crippen LogP contribution < -0.4 is 0 Å². The average Bonchev–Trinajstić information content (AvgIpc) is 3.50. The third-order valence-corrected chi connectivity index (χ3v) is 11.7. The Morgan fingerprint density at radius 1 is 0.975 bits per heavy atom. The number of furan rings is 1. The Balaban J connectivity index is 0.995. The number of allylic oxidation sites excluding steroid dienone is 1. The number of hydrogen-bond acceptors (Lipinski definition) is 4. The maximum atomic E-state index is 12.6. The number of carbonyl (C=O) groups is 1. The van der Waals surface area contributed by atoms with Crippen LogP contribution in [-0.4, -0.2) is 23.3 Å². The van der Waals surface area contributed by atoms with Gasteiger partial charge in [0.1, 0.15) is 18.0 Å². The Hall–Kier alpha value is -1.55. The van der Waals surface area contributed by atoms with Crippen LogP contribution in [0.25, 0.3) is 6.08 Å². The van der Waals surface area contributed by atoms with E-state index in [1.54, 1.807) is 0 Å². The highest BCUT2D eigenvalue weighted by molar-refractivity contribution is 5.69. The summed E-state index contributed by atoms with van der Waals surface area (Å²) in [4.78, 5) is 12.6. The molecule has 3 fully saturated rings. The second-order valence-corrected chi connectivity index (χ2v) is 14.4. The molecule has 1 aromatic rings. The van der Waals surface area contributed by atoms with Crippen molar-refractivity contribution in [2.24, 2.45) is 22.7 Å². The molecule has 0 aromatic carbocycles. The molecular weight excluding hydrogens is 496 g/mol. The van der Waals surface area contributed by atoms with Gasteiger partial charge in [0.15, 0.2) is 0 Å². The minimum absolute atomic E-state index is 0.107. The fraction of sp³-hybridized carbons (Fsp3) is 0.806. The maximum absolute atomic E-state index is 12.6. The number of unbranched alkanes of at least 4 members (excludes halogenated alkanes) is 12. The molecule has 4 aliphatic carbocycles. The summed E-state index contributed by atoms with van der Waals surface area (Å²) in [5, 5.41) is 11.8. The molecule has 1 spiro atoms. The minimum atomic E-state index is -0.858. The summed E-state index contributed by atoms with van der Waals surface area (Å²) in [6.45, 7) is 4.91. The Kier molecular flexibility index (Phi) is 9.86. The molecule has 5 unspecified atom stereocenters. The molecule has 4 aliphatic rings. The van der Waals surface area contributed by atoms with Crippen LogP contribution >= 0.6 is 0 Å². The van der Waals surface area contributed by atoms with Crippen LogP contribution in [-0.2, 0) is 9.53 Å². The van der Waals surface area contributed by atoms with Crippen molar-refractivity contribution >= 4 is 12.0 Å². The molecule has 0 saturated heterocycles. The summed E-state index contributed by atoms with van der Waals surface area (Å²) in [5.41, 5.74) is 0.784. The van der Waals surface area contributed by atoms with Crippen LogP contribution in [0, 0.1) is 22.7 Å². The predicted molar refractivity (Wildman–Crippen MR) is 162 cm³/mol. The number of ether oxygens (including phenoxy) is 1. The molecule has 0 aliphatic heterocycles. The number of esters is 1. The first-order chi connectivity index (χ1) is 19.4. The van der Waals surface area contributed by atoms with Gasteiger partial charge in [-0.1, -0.05) is 97.0 Å². The highest BCUT2D eigenvalue weighted by atomic mass is 16.5. The Morgan fingerprint density at radius 3 is 2.35 bits per heavy atom. The zero-order chi connectivity index (χ0) is 28.1. The van der Waals surface area contributed by atoms with E-state index in [4.69, 9.17) is 9.15 Å². The highest BCUT2D eigenvalue weighted by Gasteiger charge is 2.65. The standard InChI is InChI=1S/C36H56O4/c1-3-4-5-6-7-8-9-10-11-12-13-14-15-16-33(37)40-27-36(38)26-35-23-19-30-29-21-24-39-31(29)20-22-34(30,2)32(35)18-17-28(36)25-35/h20-22,24,28,30,32,38H,3-19,23,25-27H2,1-2H3/t28?,30-,32?,34?,35?,36?/m1/s1. The van der Waals surface area contributed by atoms with E-state index in [1.165, 1.54) is 76.2 Å². The summed E-state index contributed by atoms with van der Waals surface area (Å²) in [7, 11) is 0. The van der Waals surface area contributed by atoms with Crippen LogP contribution in [0.1, 0.15) is 160 Å². The molecule has 5 rings (SSSR count). The SMILES string of the molecule is CCCCCCCCCCCCCCCC(=O)OCC1(O)CC23CC[C@@H]4c5ccoc5C=CC4(C)C2CCC1C3. The lowest BCUT2D eigenvalue weighted by Crippen LogP contribution is -2.49. The number of carbonyl (C=O) groups excluding carboxylic acids is 1. The lowest BCUT2D eigenvalue weighted by Gasteiger charge is -2.58. The molecular formula is C36H56O4. The molecule has 1 heterocycles. The summed E-state index contributed by atoms with van der Waals surface area (Å²) in [6, 6.07) is 2.17. The third kappa shape index (κ3) is 6.27. The second-order valence-electron chi connectivity index (χ2n) is 14.4. The van der Waals surface area contributed by atoms with E-state index in [0.717, 1.165) is 57.1 Å². The Bertz CT molecular complexity index is 995. The molecule has 2 bridgehead atoms. The summed E-state index contributed by atoms with van der Waals surface area (Å²) in [5.74, 6) is 2.23. The number of fused-ring (bicyclic) bond motifs is 5. The quantitative estimate of drug-likeness (QED) is 0.164. The minimum Gasteiger partial charge on any atom is -0.465 e. The summed E-state index contributed by atoms with van der Waals surface area (Å²) in [6.07, 6.45) is 30.2. The van der Waals surface area contributed by atoms with Crippen LogP contribution in [0.2, 0.25) is 0 Å². The second kappa shape index (κ2) is 13.2. The van der Waals surface area contributed by atoms with E-state index in [0.29, 0.717) is 18.3 Å². The van der Waals surface area contributed by atoms with Gasteiger partial charge in [-0.15, -0.1) is 0 Å². The van der Waals surface area contributed by atoms with Crippen molar-refractivity contribution in [1.82, 2.24) is 0 Å². The van der Waals surface area contributed by atoms with E-state index in [-0.39, 0.29) is 29.3 Å². The predicted octanol–water partition coefficient (Wildman–Crippen LogP) is 9.75. The maximum Gasteiger partial charge on any atom is 0.305 e. The van der Waals surface area contributed by atoms with Crippen LogP contribution in [0.5, 0.6) is 0 Å². The van der Waals surface area contributed by atoms with E-state index < -0.39 is 5.60 Å². The molecule has 4 nitrogen and oxygen atoms in total. The van der Waals surface area contributed by atoms with Gasteiger partial charge in [-0.05, 0) is 85.7 Å². The van der Waals surface area contributed by atoms with Crippen molar-refractivity contribution < 1.29 is 19.1 Å². The van der Waals surface area contributed by atoms with E-state index in [9.17, 15) is 9.90 Å². The summed E-state index contributed by atoms with van der Waals surface area (Å²) >= 11 is 0. The highest BCUT2D eigenvalue weighted by Crippen LogP contribution is 2.71. The molecule has 6 atom stereocenters. The number of aliphatic hydroxyl groups is 1. The first-order valence-electron chi connectivity index (χ1n) is 17.0. The summed E-state index contributed by atoms with van der Waals surface area (Å²) < 4.78 is 11.5. The van der Waals surface area contributed by atoms with Gasteiger partial charge in [0, 0.05) is 12.0 Å². The molecule has 3 saturated carbocycles. The van der Waals surface area contributed by atoms with Gasteiger partial charge in [-0.25, -0.2) is 0 Å². The lowest BCUT2D eigenvalue weighted by molar-refractivity contribution is -0.154. The molecule has 4 heteroatoms. The molecule has 40 heavy (non-hydrogen) atoms. The molecule has 1 N–H and O–H groups in total. The van der Waals surface area contributed by atoms with Gasteiger partial charge in [0.05, 0.1) is 6.26 Å². The van der Waals surface area contributed by atoms with Crippen molar-refractivity contribution in [3.05, 3.63) is 29.7 Å². The number of rotatable bonds is 16. The van der Waals surface area contributed by atoms with Gasteiger partial charge in [-0.2, -0.15) is 0 Å². The van der Waals surface area contributed by atoms with Gasteiger partial charge in [-0.3, -0.25) is 4.79 Å². The first kappa shape index (κ1) is 29.9. The molecule has 0 radical (unpaired) electrons. The average molecular weight is 553 g/mol. The normalized spacial score (nSPS) is 33.8. The van der Waals surface area contributed by atoms with Gasteiger partial charge in [0.25, 0.3) is 0 Å². The van der Waals surface area contributed by atoms with Crippen molar-refractivity contribution in [3.63, 3.8) is 0 Å². The lowest BCUT2D eigenvalue weighted by atomic mass is 9.46. The monoisotopic (exact) mass is 552 g/mol. The van der Waals surface area contributed by atoms with Crippen molar-refractivity contribution in [2.75, 3.05) is 6.61 Å². The fourth-order valence-corrected chi connectivity index (χ4v) is 9.60.